The fraction of sp³-hybridized carbons (Fsp3) is 0.536. The van der Waals surface area contributed by atoms with Crippen molar-refractivity contribution in [1.82, 2.24) is 0 Å². The summed E-state index contributed by atoms with van der Waals surface area (Å²) in [5.41, 5.74) is 11.8. The SMILES string of the molecule is C[C@]12CCC3c4ccc(CC[123I])cc4CCC3C1C[C@H](Cc1cccc(C(N)=O)c1)[C@@H]2O. The van der Waals surface area contributed by atoms with Crippen LogP contribution in [0.15, 0.2) is 42.5 Å². The standard InChI is InChI=1S/C28H34INO2/c1-28-11-9-23-22-7-5-17(10-12-29)13-19(22)6-8-24(23)25(28)16-21(26(28)31)15-18-3-2-4-20(14-18)27(30)32/h2-5,7,13-14,21,23-26,31H,6,8-12,15-16H2,1H3,(H2,30,32)/t21-,23?,24?,25?,26-,28-/m0/s1/i29-4. The van der Waals surface area contributed by atoms with E-state index in [1.165, 1.54) is 29.3 Å². The Kier molecular flexibility index (Phi) is 6.12. The number of aliphatic hydroxyl groups is 1. The summed E-state index contributed by atoms with van der Waals surface area (Å²) in [5.74, 6) is 1.76. The summed E-state index contributed by atoms with van der Waals surface area (Å²) in [4.78, 5) is 11.6. The molecule has 2 aromatic rings. The molecule has 0 spiro atoms. The molecule has 5 rings (SSSR count). The van der Waals surface area contributed by atoms with E-state index in [4.69, 9.17) is 5.73 Å². The van der Waals surface area contributed by atoms with Crippen LogP contribution in [0.25, 0.3) is 0 Å². The number of aryl methyl sites for hydroxylation is 2. The summed E-state index contributed by atoms with van der Waals surface area (Å²) in [7, 11) is 0. The third-order valence-electron chi connectivity index (χ3n) is 9.00. The first kappa shape index (κ1) is 22.4. The molecular weight excluding hydrogens is 505 g/mol. The number of aliphatic hydroxyl groups excluding tert-OH is 1. The monoisotopic (exact) mass is 539 g/mol. The van der Waals surface area contributed by atoms with Crippen LogP contribution in [0.1, 0.15) is 71.1 Å². The molecule has 3 aliphatic rings. The van der Waals surface area contributed by atoms with Crippen LogP contribution in [0.5, 0.6) is 0 Å². The van der Waals surface area contributed by atoms with Crippen molar-refractivity contribution in [2.75, 3.05) is 4.43 Å². The number of rotatable bonds is 5. The number of benzene rings is 2. The van der Waals surface area contributed by atoms with Gasteiger partial charge in [-0.15, -0.1) is 0 Å². The highest BCUT2D eigenvalue weighted by Crippen LogP contribution is 2.62. The van der Waals surface area contributed by atoms with Gasteiger partial charge in [0.1, 0.15) is 0 Å². The van der Waals surface area contributed by atoms with Crippen LogP contribution in [0.2, 0.25) is 0 Å². The maximum atomic E-state index is 11.6. The van der Waals surface area contributed by atoms with Crippen LogP contribution < -0.4 is 5.73 Å². The molecule has 2 aromatic carbocycles. The van der Waals surface area contributed by atoms with Crippen LogP contribution in [0.4, 0.5) is 0 Å². The molecule has 3 aliphatic carbocycles. The van der Waals surface area contributed by atoms with E-state index in [9.17, 15) is 9.90 Å². The number of hydrogen-bond acceptors (Lipinski definition) is 2. The van der Waals surface area contributed by atoms with Gasteiger partial charge in [0.05, 0.1) is 6.10 Å². The largest absolute Gasteiger partial charge is 0.392 e. The van der Waals surface area contributed by atoms with Crippen molar-refractivity contribution in [2.24, 2.45) is 28.9 Å². The molecule has 0 aromatic heterocycles. The predicted octanol–water partition coefficient (Wildman–Crippen LogP) is 5.45. The third kappa shape index (κ3) is 3.81. The number of nitrogens with two attached hydrogens (primary N) is 1. The number of amides is 1. The van der Waals surface area contributed by atoms with Gasteiger partial charge in [0.2, 0.25) is 5.91 Å². The van der Waals surface area contributed by atoms with Crippen molar-refractivity contribution >= 4 is 28.5 Å². The molecule has 3 N–H and O–H groups in total. The summed E-state index contributed by atoms with van der Waals surface area (Å²) in [6, 6.07) is 14.9. The highest BCUT2D eigenvalue weighted by atomic mass is 123. The molecule has 32 heavy (non-hydrogen) atoms. The Morgan fingerprint density at radius 3 is 2.81 bits per heavy atom. The molecule has 0 bridgehead atoms. The molecule has 3 nitrogen and oxygen atoms in total. The van der Waals surface area contributed by atoms with E-state index in [1.807, 2.05) is 12.1 Å². The quantitative estimate of drug-likeness (QED) is 0.392. The Morgan fingerprint density at radius 1 is 1.19 bits per heavy atom. The van der Waals surface area contributed by atoms with Gasteiger partial charge in [-0.1, -0.05) is 59.8 Å². The van der Waals surface area contributed by atoms with Gasteiger partial charge in [0.25, 0.3) is 0 Å². The van der Waals surface area contributed by atoms with Crippen molar-refractivity contribution in [2.45, 2.75) is 63.9 Å². The number of primary amides is 1. The molecule has 4 heteroatoms. The first-order chi connectivity index (χ1) is 15.4. The van der Waals surface area contributed by atoms with Gasteiger partial charge in [0, 0.05) is 9.99 Å². The Labute approximate surface area is 205 Å². The molecule has 1 amide bonds. The zero-order chi connectivity index (χ0) is 22.5. The van der Waals surface area contributed by atoms with Gasteiger partial charge in [-0.25, -0.2) is 0 Å². The number of carbonyl (C=O) groups is 1. The van der Waals surface area contributed by atoms with Gasteiger partial charge in [-0.3, -0.25) is 4.79 Å². The first-order valence-corrected chi connectivity index (χ1v) is 13.7. The summed E-state index contributed by atoms with van der Waals surface area (Å²) in [6.07, 6.45) is 7.52. The van der Waals surface area contributed by atoms with Crippen molar-refractivity contribution in [3.8, 4) is 0 Å². The van der Waals surface area contributed by atoms with E-state index in [-0.39, 0.29) is 23.3 Å². The molecule has 0 radical (unpaired) electrons. The number of alkyl halides is 1. The zero-order valence-corrected chi connectivity index (χ0v) is 21.1. The average molecular weight is 539 g/mol. The van der Waals surface area contributed by atoms with Gasteiger partial charge in [-0.2, -0.15) is 0 Å². The van der Waals surface area contributed by atoms with E-state index in [0.717, 1.165) is 31.2 Å². The molecule has 3 unspecified atom stereocenters. The van der Waals surface area contributed by atoms with E-state index in [1.54, 1.807) is 17.2 Å². The Bertz CT molecular complexity index is 1020. The smallest absolute Gasteiger partial charge is 0.248 e. The second-order valence-corrected chi connectivity index (χ2v) is 11.7. The molecule has 2 saturated carbocycles. The van der Waals surface area contributed by atoms with E-state index in [0.29, 0.717) is 23.3 Å². The topological polar surface area (TPSA) is 63.3 Å². The molecule has 2 fully saturated rings. The van der Waals surface area contributed by atoms with Crippen LogP contribution in [-0.2, 0) is 19.3 Å². The summed E-state index contributed by atoms with van der Waals surface area (Å²) < 4.78 is 1.17. The Balaban J connectivity index is 1.38. The molecule has 0 saturated heterocycles. The van der Waals surface area contributed by atoms with Crippen molar-refractivity contribution in [3.05, 3.63) is 70.3 Å². The van der Waals surface area contributed by atoms with Crippen LogP contribution in [-0.4, -0.2) is 21.5 Å². The van der Waals surface area contributed by atoms with Crippen LogP contribution in [0.3, 0.4) is 0 Å². The van der Waals surface area contributed by atoms with Crippen LogP contribution >= 0.6 is 22.6 Å². The van der Waals surface area contributed by atoms with Gasteiger partial charge >= 0.3 is 0 Å². The molecule has 170 valence electrons. The minimum Gasteiger partial charge on any atom is -0.392 e. The number of halogens is 1. The van der Waals surface area contributed by atoms with E-state index in [2.05, 4.69) is 53.8 Å². The van der Waals surface area contributed by atoms with Crippen molar-refractivity contribution in [3.63, 3.8) is 0 Å². The molecule has 0 heterocycles. The average Bonchev–Trinajstić information content (AvgIpc) is 3.04. The molecule has 0 aliphatic heterocycles. The van der Waals surface area contributed by atoms with Gasteiger partial charge < -0.3 is 10.8 Å². The minimum atomic E-state index is -0.384. The number of carbonyl (C=O) groups excluding carboxylic acids is 1. The maximum absolute atomic E-state index is 11.6. The lowest BCUT2D eigenvalue weighted by Crippen LogP contribution is -2.44. The second-order valence-electron chi connectivity index (χ2n) is 10.6. The van der Waals surface area contributed by atoms with Gasteiger partial charge in [-0.05, 0) is 108 Å². The summed E-state index contributed by atoms with van der Waals surface area (Å²) >= 11 is 2.46. The molecule has 6 atom stereocenters. The fourth-order valence-electron chi connectivity index (χ4n) is 7.40. The van der Waals surface area contributed by atoms with Crippen molar-refractivity contribution in [1.29, 1.82) is 0 Å². The Morgan fingerprint density at radius 2 is 2.03 bits per heavy atom. The summed E-state index contributed by atoms with van der Waals surface area (Å²) in [5, 5.41) is 11.5. The number of hydrogen-bond donors (Lipinski definition) is 2. The van der Waals surface area contributed by atoms with Crippen LogP contribution in [0, 0.1) is 23.2 Å². The number of fused-ring (bicyclic) bond motifs is 5. The second kappa shape index (κ2) is 8.75. The minimum absolute atomic E-state index is 0.00574. The lowest BCUT2D eigenvalue weighted by molar-refractivity contribution is -0.0325. The lowest BCUT2D eigenvalue weighted by atomic mass is 9.55. The lowest BCUT2D eigenvalue weighted by Gasteiger charge is -2.50. The first-order valence-electron chi connectivity index (χ1n) is 12.1. The predicted molar refractivity (Wildman–Crippen MR) is 137 cm³/mol. The highest BCUT2D eigenvalue weighted by Gasteiger charge is 2.57. The maximum Gasteiger partial charge on any atom is 0.248 e. The van der Waals surface area contributed by atoms with E-state index < -0.39 is 0 Å². The summed E-state index contributed by atoms with van der Waals surface area (Å²) in [6.45, 7) is 2.34. The zero-order valence-electron chi connectivity index (χ0n) is 18.9. The highest BCUT2D eigenvalue weighted by molar-refractivity contribution is 14.1. The Hall–Kier alpha value is -1.40. The van der Waals surface area contributed by atoms with Crippen molar-refractivity contribution < 1.29 is 9.90 Å². The van der Waals surface area contributed by atoms with Gasteiger partial charge in [0.15, 0.2) is 0 Å². The molecular formula is C28H34INO2. The van der Waals surface area contributed by atoms with E-state index >= 15 is 0 Å². The third-order valence-corrected chi connectivity index (χ3v) is 9.54. The normalized spacial score (nSPS) is 33.3. The fourth-order valence-corrected chi connectivity index (χ4v) is 8.02.